The van der Waals surface area contributed by atoms with Crippen molar-refractivity contribution in [3.63, 3.8) is 0 Å². The van der Waals surface area contributed by atoms with Gasteiger partial charge in [-0.3, -0.25) is 9.48 Å². The smallest absolute Gasteiger partial charge is 0.367 e. The summed E-state index contributed by atoms with van der Waals surface area (Å²) < 4.78 is 43.8. The van der Waals surface area contributed by atoms with E-state index in [2.05, 4.69) is 15.5 Å². The van der Waals surface area contributed by atoms with Gasteiger partial charge in [-0.25, -0.2) is 4.68 Å². The monoisotopic (exact) mass is 424 g/mol. The Balaban J connectivity index is 1.55. The third kappa shape index (κ3) is 3.67. The highest BCUT2D eigenvalue weighted by atomic mass is 19.4. The molecule has 0 spiro atoms. The molecule has 0 saturated carbocycles. The molecule has 1 saturated heterocycles. The average Bonchev–Trinajstić information content (AvgIpc) is 3.36. The normalized spacial score (nSPS) is 24.3. The Morgan fingerprint density at radius 3 is 2.63 bits per heavy atom. The van der Waals surface area contributed by atoms with Crippen molar-refractivity contribution in [2.45, 2.75) is 57.8 Å². The molecule has 1 amide bonds. The molecule has 2 aliphatic heterocycles. The van der Waals surface area contributed by atoms with Crippen molar-refractivity contribution in [1.82, 2.24) is 24.5 Å². The van der Waals surface area contributed by atoms with Crippen molar-refractivity contribution in [2.75, 3.05) is 18.4 Å². The molecule has 4 rings (SSSR count). The van der Waals surface area contributed by atoms with E-state index < -0.39 is 12.2 Å². The first-order valence-electron chi connectivity index (χ1n) is 10.3. The molecule has 1 fully saturated rings. The predicted octanol–water partition coefficient (Wildman–Crippen LogP) is 3.50. The highest BCUT2D eigenvalue weighted by Crippen LogP contribution is 2.42. The number of rotatable bonds is 3. The number of amides is 1. The zero-order valence-electron chi connectivity index (χ0n) is 17.6. The molecular formula is C20H27F3N6O. The minimum Gasteiger partial charge on any atom is -0.367 e. The van der Waals surface area contributed by atoms with Gasteiger partial charge in [-0.05, 0) is 25.7 Å². The van der Waals surface area contributed by atoms with Gasteiger partial charge < -0.3 is 10.2 Å². The minimum absolute atomic E-state index is 0.0369. The van der Waals surface area contributed by atoms with Crippen LogP contribution in [0.4, 0.5) is 19.0 Å². The molecule has 2 aliphatic rings. The van der Waals surface area contributed by atoms with E-state index in [1.807, 2.05) is 13.8 Å². The zero-order chi connectivity index (χ0) is 21.8. The molecule has 0 bridgehead atoms. The SMILES string of the molecule is Cc1nn(C)cc1C(=O)N1CCC(c2cc3n(n2)[C@@H](C(F)(F)F)C[C@@H](C(C)C)N3)C1. The Hall–Kier alpha value is -2.52. The van der Waals surface area contributed by atoms with E-state index in [0.717, 1.165) is 4.68 Å². The number of aromatic nitrogens is 4. The number of anilines is 1. The van der Waals surface area contributed by atoms with E-state index in [9.17, 15) is 18.0 Å². The topological polar surface area (TPSA) is 68.0 Å². The summed E-state index contributed by atoms with van der Waals surface area (Å²) in [6.45, 7) is 6.61. The van der Waals surface area contributed by atoms with Gasteiger partial charge in [0.1, 0.15) is 5.82 Å². The third-order valence-corrected chi connectivity index (χ3v) is 6.18. The lowest BCUT2D eigenvalue weighted by molar-refractivity contribution is -0.174. The second-order valence-corrected chi connectivity index (χ2v) is 8.73. The van der Waals surface area contributed by atoms with Crippen LogP contribution in [0.1, 0.15) is 60.4 Å². The standard InChI is InChI=1S/C20H27F3N6O/c1-11(2)15-7-17(20(21,22)23)29-18(24-15)8-16(26-29)13-5-6-28(9-13)19(30)14-10-27(4)25-12(14)3/h8,10-11,13,15,17,24H,5-7,9H2,1-4H3/t13?,15-,17+/m0/s1. The Kier molecular flexibility index (Phi) is 5.06. The number of likely N-dealkylation sites (tertiary alicyclic amines) is 1. The van der Waals surface area contributed by atoms with Crippen LogP contribution in [0.3, 0.4) is 0 Å². The van der Waals surface area contributed by atoms with Crippen LogP contribution in [0.5, 0.6) is 0 Å². The number of fused-ring (bicyclic) bond motifs is 1. The molecule has 164 valence electrons. The van der Waals surface area contributed by atoms with Crippen LogP contribution in [0.2, 0.25) is 0 Å². The molecule has 3 atom stereocenters. The number of aryl methyl sites for hydroxylation is 2. The van der Waals surface area contributed by atoms with Gasteiger partial charge >= 0.3 is 6.18 Å². The molecule has 0 aromatic carbocycles. The molecule has 2 aromatic rings. The van der Waals surface area contributed by atoms with E-state index in [4.69, 9.17) is 0 Å². The lowest BCUT2D eigenvalue weighted by Crippen LogP contribution is -2.41. The summed E-state index contributed by atoms with van der Waals surface area (Å²) in [5.41, 5.74) is 1.83. The Bertz CT molecular complexity index is 947. The molecule has 1 N–H and O–H groups in total. The van der Waals surface area contributed by atoms with Crippen LogP contribution in [0.25, 0.3) is 0 Å². The summed E-state index contributed by atoms with van der Waals surface area (Å²) in [4.78, 5) is 14.6. The lowest BCUT2D eigenvalue weighted by Gasteiger charge is -2.35. The Morgan fingerprint density at radius 2 is 2.03 bits per heavy atom. The molecule has 0 radical (unpaired) electrons. The van der Waals surface area contributed by atoms with Crippen molar-refractivity contribution in [2.24, 2.45) is 13.0 Å². The largest absolute Gasteiger partial charge is 0.410 e. The first kappa shape index (κ1) is 20.7. The molecule has 4 heterocycles. The zero-order valence-corrected chi connectivity index (χ0v) is 17.6. The Labute approximate surface area is 173 Å². The van der Waals surface area contributed by atoms with Gasteiger partial charge in [-0.15, -0.1) is 0 Å². The molecule has 0 aliphatic carbocycles. The molecule has 2 aromatic heterocycles. The van der Waals surface area contributed by atoms with Crippen molar-refractivity contribution >= 4 is 11.7 Å². The highest BCUT2D eigenvalue weighted by Gasteiger charge is 2.47. The summed E-state index contributed by atoms with van der Waals surface area (Å²) in [7, 11) is 1.76. The number of alkyl halides is 3. The van der Waals surface area contributed by atoms with Gasteiger partial charge in [-0.1, -0.05) is 13.8 Å². The summed E-state index contributed by atoms with van der Waals surface area (Å²) in [5, 5.41) is 11.8. The van der Waals surface area contributed by atoms with E-state index in [0.29, 0.717) is 42.3 Å². The van der Waals surface area contributed by atoms with Gasteiger partial charge in [0, 0.05) is 44.4 Å². The van der Waals surface area contributed by atoms with Crippen LogP contribution in [-0.2, 0) is 7.05 Å². The van der Waals surface area contributed by atoms with Gasteiger partial charge in [0.05, 0.1) is 17.0 Å². The average molecular weight is 424 g/mol. The van der Waals surface area contributed by atoms with Gasteiger partial charge in [0.15, 0.2) is 6.04 Å². The first-order chi connectivity index (χ1) is 14.0. The quantitative estimate of drug-likeness (QED) is 0.819. The number of nitrogens with zero attached hydrogens (tertiary/aromatic N) is 5. The maximum Gasteiger partial charge on any atom is 0.410 e. The van der Waals surface area contributed by atoms with Gasteiger partial charge in [-0.2, -0.15) is 23.4 Å². The number of hydrogen-bond acceptors (Lipinski definition) is 4. The number of hydrogen-bond donors (Lipinski definition) is 1. The summed E-state index contributed by atoms with van der Waals surface area (Å²) in [6.07, 6.45) is -2.02. The van der Waals surface area contributed by atoms with E-state index >= 15 is 0 Å². The number of halogens is 3. The van der Waals surface area contributed by atoms with Gasteiger partial charge in [0.2, 0.25) is 0 Å². The fourth-order valence-corrected chi connectivity index (χ4v) is 4.42. The van der Waals surface area contributed by atoms with Crippen molar-refractivity contribution in [1.29, 1.82) is 0 Å². The number of carbonyl (C=O) groups is 1. The maximum atomic E-state index is 13.7. The maximum absolute atomic E-state index is 13.7. The van der Waals surface area contributed by atoms with Crippen molar-refractivity contribution in [3.8, 4) is 0 Å². The fraction of sp³-hybridized carbons (Fsp3) is 0.650. The van der Waals surface area contributed by atoms with Crippen LogP contribution < -0.4 is 5.32 Å². The van der Waals surface area contributed by atoms with E-state index in [1.165, 1.54) is 0 Å². The van der Waals surface area contributed by atoms with Crippen LogP contribution in [0.15, 0.2) is 12.3 Å². The molecule has 7 nitrogen and oxygen atoms in total. The van der Waals surface area contributed by atoms with E-state index in [1.54, 1.807) is 35.8 Å². The molecule has 1 unspecified atom stereocenters. The summed E-state index contributed by atoms with van der Waals surface area (Å²) >= 11 is 0. The Morgan fingerprint density at radius 1 is 1.30 bits per heavy atom. The van der Waals surface area contributed by atoms with Gasteiger partial charge in [0.25, 0.3) is 5.91 Å². The fourth-order valence-electron chi connectivity index (χ4n) is 4.42. The lowest BCUT2D eigenvalue weighted by atomic mass is 9.94. The first-order valence-corrected chi connectivity index (χ1v) is 10.3. The van der Waals surface area contributed by atoms with Crippen LogP contribution in [0, 0.1) is 12.8 Å². The predicted molar refractivity (Wildman–Crippen MR) is 105 cm³/mol. The minimum atomic E-state index is -4.36. The van der Waals surface area contributed by atoms with Crippen molar-refractivity contribution in [3.05, 3.63) is 29.2 Å². The van der Waals surface area contributed by atoms with Crippen LogP contribution in [-0.4, -0.2) is 55.7 Å². The number of nitrogens with one attached hydrogen (secondary N) is 1. The second-order valence-electron chi connectivity index (χ2n) is 8.73. The summed E-state index contributed by atoms with van der Waals surface area (Å²) in [5.74, 6) is 0.296. The molecular weight excluding hydrogens is 397 g/mol. The molecule has 30 heavy (non-hydrogen) atoms. The van der Waals surface area contributed by atoms with Crippen molar-refractivity contribution < 1.29 is 18.0 Å². The van der Waals surface area contributed by atoms with E-state index in [-0.39, 0.29) is 30.2 Å². The second kappa shape index (κ2) is 7.31. The van der Waals surface area contributed by atoms with Crippen LogP contribution >= 0.6 is 0 Å². The highest BCUT2D eigenvalue weighted by molar-refractivity contribution is 5.95. The number of carbonyl (C=O) groups excluding carboxylic acids is 1. The molecule has 10 heteroatoms. The third-order valence-electron chi connectivity index (χ3n) is 6.18. The summed E-state index contributed by atoms with van der Waals surface area (Å²) in [6, 6.07) is -0.169.